The molecule has 4 heteroatoms. The van der Waals surface area contributed by atoms with Crippen molar-refractivity contribution in [1.82, 2.24) is 5.43 Å². The van der Waals surface area contributed by atoms with E-state index in [4.69, 9.17) is 5.84 Å². The van der Waals surface area contributed by atoms with Crippen molar-refractivity contribution in [2.75, 3.05) is 0 Å². The molecular weight excluding hydrogens is 246 g/mol. The Morgan fingerprint density at radius 3 is 2.58 bits per heavy atom. The van der Waals surface area contributed by atoms with E-state index in [2.05, 4.69) is 5.43 Å². The van der Waals surface area contributed by atoms with Crippen molar-refractivity contribution in [2.45, 2.75) is 51.5 Å². The number of aryl methyl sites for hydroxylation is 1. The normalized spacial score (nSPS) is 17.9. The Morgan fingerprint density at radius 1 is 1.26 bits per heavy atom. The zero-order valence-electron chi connectivity index (χ0n) is 11.4. The predicted molar refractivity (Wildman–Crippen MR) is 72.4 cm³/mol. The number of hydrogen-bond acceptors (Lipinski definition) is 2. The maximum absolute atomic E-state index is 13.9. The fraction of sp³-hybridized carbons (Fsp3) is 0.600. The van der Waals surface area contributed by atoms with Gasteiger partial charge in [0.15, 0.2) is 11.6 Å². The summed E-state index contributed by atoms with van der Waals surface area (Å²) in [6, 6.07) is 2.93. The van der Waals surface area contributed by atoms with E-state index >= 15 is 0 Å². The minimum atomic E-state index is -0.769. The molecule has 0 radical (unpaired) electrons. The molecular formula is C15H22F2N2. The number of halogens is 2. The molecule has 0 aliphatic heterocycles. The highest BCUT2D eigenvalue weighted by Gasteiger charge is 2.21. The number of rotatable bonds is 5. The van der Waals surface area contributed by atoms with E-state index in [0.717, 1.165) is 12.8 Å². The lowest BCUT2D eigenvalue weighted by Gasteiger charge is -2.19. The predicted octanol–water partition coefficient (Wildman–Crippen LogP) is 3.75. The molecule has 2 rings (SSSR count). The van der Waals surface area contributed by atoms with Gasteiger partial charge in [-0.3, -0.25) is 11.3 Å². The van der Waals surface area contributed by atoms with Gasteiger partial charge in [-0.05, 0) is 31.2 Å². The molecule has 19 heavy (non-hydrogen) atoms. The zero-order valence-corrected chi connectivity index (χ0v) is 11.4. The second-order valence-corrected chi connectivity index (χ2v) is 5.55. The molecule has 0 bridgehead atoms. The summed E-state index contributed by atoms with van der Waals surface area (Å²) >= 11 is 0. The van der Waals surface area contributed by atoms with Crippen LogP contribution in [-0.2, 0) is 0 Å². The standard InChI is InChI=1S/C15H22F2N2/c1-10-6-8-12(15(17)14(10)16)13(19-18)9-7-11-4-2-3-5-11/h6,8,11,13,19H,2-5,7,9,18H2,1H3. The van der Waals surface area contributed by atoms with Crippen LogP contribution in [-0.4, -0.2) is 0 Å². The molecule has 1 aromatic carbocycles. The fourth-order valence-corrected chi connectivity index (χ4v) is 2.96. The Kier molecular flexibility index (Phi) is 4.88. The highest BCUT2D eigenvalue weighted by molar-refractivity contribution is 5.27. The third-order valence-corrected chi connectivity index (χ3v) is 4.22. The van der Waals surface area contributed by atoms with Gasteiger partial charge < -0.3 is 0 Å². The summed E-state index contributed by atoms with van der Waals surface area (Å²) in [5.41, 5.74) is 3.29. The summed E-state index contributed by atoms with van der Waals surface area (Å²) in [6.07, 6.45) is 6.85. The lowest BCUT2D eigenvalue weighted by atomic mass is 9.94. The van der Waals surface area contributed by atoms with Crippen LogP contribution in [0.4, 0.5) is 8.78 Å². The molecule has 0 aromatic heterocycles. The molecule has 0 amide bonds. The molecule has 1 unspecified atom stereocenters. The maximum Gasteiger partial charge on any atom is 0.163 e. The van der Waals surface area contributed by atoms with E-state index in [-0.39, 0.29) is 6.04 Å². The van der Waals surface area contributed by atoms with E-state index in [1.165, 1.54) is 25.7 Å². The fourth-order valence-electron chi connectivity index (χ4n) is 2.96. The van der Waals surface area contributed by atoms with Crippen molar-refractivity contribution < 1.29 is 8.78 Å². The number of hydrazine groups is 1. The summed E-state index contributed by atoms with van der Waals surface area (Å²) in [5.74, 6) is 4.69. The van der Waals surface area contributed by atoms with Crippen LogP contribution in [0.15, 0.2) is 12.1 Å². The van der Waals surface area contributed by atoms with Gasteiger partial charge in [-0.1, -0.05) is 37.8 Å². The number of nitrogens with one attached hydrogen (secondary N) is 1. The Labute approximate surface area is 113 Å². The Morgan fingerprint density at radius 2 is 1.95 bits per heavy atom. The van der Waals surface area contributed by atoms with Gasteiger partial charge in [0.2, 0.25) is 0 Å². The smallest absolute Gasteiger partial charge is 0.163 e. The molecule has 0 saturated heterocycles. The van der Waals surface area contributed by atoms with Gasteiger partial charge in [0.1, 0.15) is 0 Å². The maximum atomic E-state index is 13.9. The van der Waals surface area contributed by atoms with Crippen LogP contribution in [0.1, 0.15) is 55.7 Å². The van der Waals surface area contributed by atoms with Crippen LogP contribution in [0.25, 0.3) is 0 Å². The number of nitrogens with two attached hydrogens (primary N) is 1. The molecule has 1 atom stereocenters. The van der Waals surface area contributed by atoms with Crippen molar-refractivity contribution in [3.63, 3.8) is 0 Å². The molecule has 2 nitrogen and oxygen atoms in total. The first-order valence-electron chi connectivity index (χ1n) is 7.04. The monoisotopic (exact) mass is 268 g/mol. The van der Waals surface area contributed by atoms with Gasteiger partial charge >= 0.3 is 0 Å². The van der Waals surface area contributed by atoms with E-state index in [9.17, 15) is 8.78 Å². The zero-order chi connectivity index (χ0) is 13.8. The van der Waals surface area contributed by atoms with Crippen LogP contribution in [0.2, 0.25) is 0 Å². The SMILES string of the molecule is Cc1ccc(C(CCC2CCCC2)NN)c(F)c1F. The second kappa shape index (κ2) is 6.44. The van der Waals surface area contributed by atoms with Gasteiger partial charge in [-0.25, -0.2) is 8.78 Å². The van der Waals surface area contributed by atoms with Crippen molar-refractivity contribution >= 4 is 0 Å². The van der Waals surface area contributed by atoms with Gasteiger partial charge in [-0.2, -0.15) is 0 Å². The van der Waals surface area contributed by atoms with Crippen molar-refractivity contribution in [1.29, 1.82) is 0 Å². The van der Waals surface area contributed by atoms with E-state index in [0.29, 0.717) is 17.0 Å². The summed E-state index contributed by atoms with van der Waals surface area (Å²) in [5, 5.41) is 0. The molecule has 0 heterocycles. The third-order valence-electron chi connectivity index (χ3n) is 4.22. The summed E-state index contributed by atoms with van der Waals surface area (Å²) in [6.45, 7) is 1.56. The van der Waals surface area contributed by atoms with Crippen LogP contribution in [0.3, 0.4) is 0 Å². The first-order chi connectivity index (χ1) is 9.13. The quantitative estimate of drug-likeness (QED) is 0.630. The molecule has 3 N–H and O–H groups in total. The summed E-state index contributed by atoms with van der Waals surface area (Å²) in [4.78, 5) is 0. The Balaban J connectivity index is 2.06. The van der Waals surface area contributed by atoms with Crippen molar-refractivity contribution in [3.8, 4) is 0 Å². The molecule has 0 spiro atoms. The van der Waals surface area contributed by atoms with Crippen LogP contribution in [0.5, 0.6) is 0 Å². The van der Waals surface area contributed by atoms with Crippen LogP contribution < -0.4 is 11.3 Å². The number of benzene rings is 1. The van der Waals surface area contributed by atoms with E-state index in [1.54, 1.807) is 19.1 Å². The molecule has 1 aliphatic rings. The van der Waals surface area contributed by atoms with Gasteiger partial charge in [0.05, 0.1) is 0 Å². The molecule has 1 fully saturated rings. The third kappa shape index (κ3) is 3.31. The highest BCUT2D eigenvalue weighted by Crippen LogP contribution is 2.32. The van der Waals surface area contributed by atoms with E-state index < -0.39 is 11.6 Å². The first-order valence-corrected chi connectivity index (χ1v) is 7.04. The summed E-state index contributed by atoms with van der Waals surface area (Å²) < 4.78 is 27.5. The molecule has 106 valence electrons. The number of hydrogen-bond donors (Lipinski definition) is 2. The molecule has 1 saturated carbocycles. The highest BCUT2D eigenvalue weighted by atomic mass is 19.2. The van der Waals surface area contributed by atoms with Crippen LogP contribution >= 0.6 is 0 Å². The Hall–Kier alpha value is -1.00. The minimum absolute atomic E-state index is 0.310. The van der Waals surface area contributed by atoms with Gasteiger partial charge in [0.25, 0.3) is 0 Å². The van der Waals surface area contributed by atoms with Crippen molar-refractivity contribution in [3.05, 3.63) is 34.9 Å². The largest absolute Gasteiger partial charge is 0.271 e. The molecule has 1 aromatic rings. The lowest BCUT2D eigenvalue weighted by Crippen LogP contribution is -2.29. The average Bonchev–Trinajstić information content (AvgIpc) is 2.92. The van der Waals surface area contributed by atoms with Gasteiger partial charge in [-0.15, -0.1) is 0 Å². The second-order valence-electron chi connectivity index (χ2n) is 5.55. The molecule has 1 aliphatic carbocycles. The average molecular weight is 268 g/mol. The van der Waals surface area contributed by atoms with E-state index in [1.807, 2.05) is 0 Å². The lowest BCUT2D eigenvalue weighted by molar-refractivity contribution is 0.399. The van der Waals surface area contributed by atoms with Crippen LogP contribution in [0, 0.1) is 24.5 Å². The minimum Gasteiger partial charge on any atom is -0.271 e. The van der Waals surface area contributed by atoms with Gasteiger partial charge in [0, 0.05) is 11.6 Å². The van der Waals surface area contributed by atoms with Crippen molar-refractivity contribution in [2.24, 2.45) is 11.8 Å². The Bertz CT molecular complexity index is 428. The topological polar surface area (TPSA) is 38.0 Å². The summed E-state index contributed by atoms with van der Waals surface area (Å²) in [7, 11) is 0. The first kappa shape index (κ1) is 14.4.